The van der Waals surface area contributed by atoms with Crippen molar-refractivity contribution in [3.63, 3.8) is 0 Å². The summed E-state index contributed by atoms with van der Waals surface area (Å²) in [6.07, 6.45) is 1.78. The van der Waals surface area contributed by atoms with Gasteiger partial charge in [-0.3, -0.25) is 9.88 Å². The lowest BCUT2D eigenvalue weighted by molar-refractivity contribution is 0.309. The summed E-state index contributed by atoms with van der Waals surface area (Å²) in [5.74, 6) is -0.267. The largest absolute Gasteiger partial charge is 0.296 e. The summed E-state index contributed by atoms with van der Waals surface area (Å²) in [6, 6.07) is 8.72. The Labute approximate surface area is 117 Å². The average Bonchev–Trinajstić information content (AvgIpc) is 2.36. The van der Waals surface area contributed by atoms with Gasteiger partial charge < -0.3 is 0 Å². The van der Waals surface area contributed by atoms with Crippen LogP contribution >= 0.6 is 11.6 Å². The van der Waals surface area contributed by atoms with Crippen molar-refractivity contribution in [1.82, 2.24) is 9.88 Å². The topological polar surface area (TPSA) is 16.1 Å². The predicted molar refractivity (Wildman–Crippen MR) is 75.6 cm³/mol. The Hall–Kier alpha value is -1.45. The van der Waals surface area contributed by atoms with Gasteiger partial charge in [-0.15, -0.1) is 0 Å². The van der Waals surface area contributed by atoms with E-state index in [2.05, 4.69) is 4.98 Å². The summed E-state index contributed by atoms with van der Waals surface area (Å²) in [7, 11) is 1.95. The highest BCUT2D eigenvalue weighted by molar-refractivity contribution is 6.30. The zero-order valence-corrected chi connectivity index (χ0v) is 11.8. The SMILES string of the molecule is Cc1cccnc1CN(C)Cc1ccc(Cl)cc1F. The molecule has 0 saturated carbocycles. The first-order chi connectivity index (χ1) is 9.06. The molecule has 0 bridgehead atoms. The van der Waals surface area contributed by atoms with Gasteiger partial charge in [0.1, 0.15) is 5.82 Å². The Balaban J connectivity index is 2.05. The molecule has 0 amide bonds. The van der Waals surface area contributed by atoms with E-state index in [9.17, 15) is 4.39 Å². The molecule has 1 aromatic carbocycles. The molecule has 0 saturated heterocycles. The third-order valence-electron chi connectivity index (χ3n) is 2.99. The van der Waals surface area contributed by atoms with E-state index in [0.717, 1.165) is 11.3 Å². The maximum Gasteiger partial charge on any atom is 0.129 e. The molecule has 2 aromatic rings. The minimum atomic E-state index is -0.267. The van der Waals surface area contributed by atoms with Gasteiger partial charge in [-0.2, -0.15) is 0 Å². The number of aryl methyl sites for hydroxylation is 1. The lowest BCUT2D eigenvalue weighted by Gasteiger charge is -2.17. The van der Waals surface area contributed by atoms with Crippen LogP contribution in [0, 0.1) is 12.7 Å². The predicted octanol–water partition coefficient (Wildman–Crippen LogP) is 3.81. The molecule has 2 nitrogen and oxygen atoms in total. The van der Waals surface area contributed by atoms with E-state index in [0.29, 0.717) is 23.7 Å². The molecule has 0 unspecified atom stereocenters. The quantitative estimate of drug-likeness (QED) is 0.845. The minimum absolute atomic E-state index is 0.267. The molecular weight excluding hydrogens is 263 g/mol. The van der Waals surface area contributed by atoms with Crippen LogP contribution in [0.25, 0.3) is 0 Å². The van der Waals surface area contributed by atoms with Crippen LogP contribution in [0.5, 0.6) is 0 Å². The van der Waals surface area contributed by atoms with E-state index >= 15 is 0 Å². The third-order valence-corrected chi connectivity index (χ3v) is 3.23. The van der Waals surface area contributed by atoms with Crippen LogP contribution < -0.4 is 0 Å². The third kappa shape index (κ3) is 3.75. The van der Waals surface area contributed by atoms with Gasteiger partial charge in [0.2, 0.25) is 0 Å². The van der Waals surface area contributed by atoms with Crippen LogP contribution in [0.4, 0.5) is 4.39 Å². The first-order valence-electron chi connectivity index (χ1n) is 6.09. The molecule has 0 radical (unpaired) electrons. The van der Waals surface area contributed by atoms with E-state index in [-0.39, 0.29) is 5.82 Å². The zero-order valence-electron chi connectivity index (χ0n) is 11.0. The molecular formula is C15H16ClFN2. The van der Waals surface area contributed by atoms with Gasteiger partial charge in [0.25, 0.3) is 0 Å². The molecule has 0 aliphatic carbocycles. The second-order valence-electron chi connectivity index (χ2n) is 4.68. The van der Waals surface area contributed by atoms with Crippen LogP contribution in [-0.4, -0.2) is 16.9 Å². The lowest BCUT2D eigenvalue weighted by atomic mass is 10.1. The van der Waals surface area contributed by atoms with Gasteiger partial charge in [-0.05, 0) is 37.7 Å². The maximum atomic E-state index is 13.7. The minimum Gasteiger partial charge on any atom is -0.296 e. The number of rotatable bonds is 4. The van der Waals surface area contributed by atoms with Gasteiger partial charge in [0.15, 0.2) is 0 Å². The second-order valence-corrected chi connectivity index (χ2v) is 5.11. The number of halogens is 2. The van der Waals surface area contributed by atoms with E-state index in [4.69, 9.17) is 11.6 Å². The average molecular weight is 279 g/mol. The second kappa shape index (κ2) is 6.13. The van der Waals surface area contributed by atoms with Crippen molar-refractivity contribution in [2.75, 3.05) is 7.05 Å². The van der Waals surface area contributed by atoms with Crippen molar-refractivity contribution < 1.29 is 4.39 Å². The summed E-state index contributed by atoms with van der Waals surface area (Å²) in [6.45, 7) is 3.24. The van der Waals surface area contributed by atoms with Crippen molar-refractivity contribution in [3.05, 3.63) is 64.2 Å². The molecule has 4 heteroatoms. The van der Waals surface area contributed by atoms with Gasteiger partial charge in [0.05, 0.1) is 5.69 Å². The summed E-state index contributed by atoms with van der Waals surface area (Å²) in [5.41, 5.74) is 2.80. The monoisotopic (exact) mass is 278 g/mol. The Morgan fingerprint density at radius 1 is 1.26 bits per heavy atom. The van der Waals surface area contributed by atoms with Gasteiger partial charge in [0, 0.05) is 29.9 Å². The summed E-state index contributed by atoms with van der Waals surface area (Å²) >= 11 is 5.74. The van der Waals surface area contributed by atoms with Crippen LogP contribution in [0.2, 0.25) is 5.02 Å². The van der Waals surface area contributed by atoms with Crippen molar-refractivity contribution in [2.45, 2.75) is 20.0 Å². The van der Waals surface area contributed by atoms with Gasteiger partial charge >= 0.3 is 0 Å². The standard InChI is InChI=1S/C15H16ClFN2/c1-11-4-3-7-18-15(11)10-19(2)9-12-5-6-13(16)8-14(12)17/h3-8H,9-10H2,1-2H3. The Bertz CT molecular complexity index is 572. The molecule has 2 rings (SSSR count). The fourth-order valence-electron chi connectivity index (χ4n) is 1.94. The number of aromatic nitrogens is 1. The highest BCUT2D eigenvalue weighted by atomic mass is 35.5. The molecule has 0 aliphatic rings. The van der Waals surface area contributed by atoms with E-state index in [1.807, 2.05) is 31.0 Å². The maximum absolute atomic E-state index is 13.7. The van der Waals surface area contributed by atoms with E-state index < -0.39 is 0 Å². The normalized spacial score (nSPS) is 11.0. The lowest BCUT2D eigenvalue weighted by Crippen LogP contribution is -2.19. The fourth-order valence-corrected chi connectivity index (χ4v) is 2.09. The number of hydrogen-bond donors (Lipinski definition) is 0. The summed E-state index contributed by atoms with van der Waals surface area (Å²) in [4.78, 5) is 6.37. The molecule has 0 aliphatic heterocycles. The molecule has 0 spiro atoms. The molecule has 0 atom stereocenters. The summed E-state index contributed by atoms with van der Waals surface area (Å²) < 4.78 is 13.7. The van der Waals surface area contributed by atoms with Crippen LogP contribution in [0.1, 0.15) is 16.8 Å². The number of pyridine rings is 1. The molecule has 0 fully saturated rings. The Morgan fingerprint density at radius 3 is 2.74 bits per heavy atom. The first-order valence-corrected chi connectivity index (χ1v) is 6.47. The molecule has 100 valence electrons. The zero-order chi connectivity index (χ0) is 13.8. The Kier molecular flexibility index (Phi) is 4.51. The van der Waals surface area contributed by atoms with Gasteiger partial charge in [-0.1, -0.05) is 23.7 Å². The van der Waals surface area contributed by atoms with Crippen molar-refractivity contribution in [2.24, 2.45) is 0 Å². The van der Waals surface area contributed by atoms with Crippen molar-refractivity contribution >= 4 is 11.6 Å². The van der Waals surface area contributed by atoms with Crippen LogP contribution in [0.3, 0.4) is 0 Å². The smallest absolute Gasteiger partial charge is 0.129 e. The van der Waals surface area contributed by atoms with Crippen LogP contribution in [0.15, 0.2) is 36.5 Å². The van der Waals surface area contributed by atoms with Gasteiger partial charge in [-0.25, -0.2) is 4.39 Å². The van der Waals surface area contributed by atoms with Crippen LogP contribution in [-0.2, 0) is 13.1 Å². The molecule has 1 heterocycles. The summed E-state index contributed by atoms with van der Waals surface area (Å²) in [5, 5.41) is 0.421. The number of benzene rings is 1. The molecule has 1 aromatic heterocycles. The van der Waals surface area contributed by atoms with Crippen molar-refractivity contribution in [3.8, 4) is 0 Å². The first kappa shape index (κ1) is 14.0. The highest BCUT2D eigenvalue weighted by Gasteiger charge is 2.08. The molecule has 19 heavy (non-hydrogen) atoms. The van der Waals surface area contributed by atoms with Crippen molar-refractivity contribution in [1.29, 1.82) is 0 Å². The molecule has 0 N–H and O–H groups in total. The Morgan fingerprint density at radius 2 is 2.05 bits per heavy atom. The number of nitrogens with zero attached hydrogens (tertiary/aromatic N) is 2. The number of hydrogen-bond acceptors (Lipinski definition) is 2. The van der Waals surface area contributed by atoms with E-state index in [1.54, 1.807) is 18.3 Å². The van der Waals surface area contributed by atoms with E-state index in [1.165, 1.54) is 6.07 Å². The highest BCUT2D eigenvalue weighted by Crippen LogP contribution is 2.17. The fraction of sp³-hybridized carbons (Fsp3) is 0.267.